The Morgan fingerprint density at radius 2 is 2.26 bits per heavy atom. The highest BCUT2D eigenvalue weighted by molar-refractivity contribution is 6.12. The predicted octanol–water partition coefficient (Wildman–Crippen LogP) is 1.09. The summed E-state index contributed by atoms with van der Waals surface area (Å²) in [5, 5.41) is 13.4. The number of carbonyl (C=O) groups is 1. The Morgan fingerprint density at radius 1 is 1.47 bits per heavy atom. The van der Waals surface area contributed by atoms with E-state index in [9.17, 15) is 4.79 Å². The van der Waals surface area contributed by atoms with E-state index in [0.29, 0.717) is 5.69 Å². The van der Waals surface area contributed by atoms with E-state index in [1.54, 1.807) is 11.1 Å². The molecule has 6 heteroatoms. The van der Waals surface area contributed by atoms with Crippen LogP contribution in [-0.2, 0) is 4.79 Å². The molecular weight excluding hydrogens is 244 g/mol. The van der Waals surface area contributed by atoms with Crippen molar-refractivity contribution in [3.05, 3.63) is 18.5 Å². The second kappa shape index (κ2) is 3.96. The fourth-order valence-corrected chi connectivity index (χ4v) is 2.47. The highest BCUT2D eigenvalue weighted by atomic mass is 16.3. The van der Waals surface area contributed by atoms with Crippen LogP contribution in [0.2, 0.25) is 0 Å². The van der Waals surface area contributed by atoms with Crippen molar-refractivity contribution in [3.8, 4) is 0 Å². The van der Waals surface area contributed by atoms with E-state index in [2.05, 4.69) is 15.3 Å². The summed E-state index contributed by atoms with van der Waals surface area (Å²) in [5.41, 5.74) is 1.67. The second-order valence-electron chi connectivity index (χ2n) is 5.19. The number of aromatic nitrogens is 2. The average molecular weight is 260 g/mol. The van der Waals surface area contributed by atoms with Crippen LogP contribution in [0.5, 0.6) is 0 Å². The van der Waals surface area contributed by atoms with Gasteiger partial charge in [0, 0.05) is 18.1 Å². The molecule has 1 aliphatic heterocycles. The zero-order valence-corrected chi connectivity index (χ0v) is 10.9. The molecule has 3 heterocycles. The van der Waals surface area contributed by atoms with E-state index in [1.165, 1.54) is 0 Å². The zero-order valence-electron chi connectivity index (χ0n) is 10.9. The number of amides is 1. The molecule has 0 fully saturated rings. The third kappa shape index (κ3) is 1.67. The summed E-state index contributed by atoms with van der Waals surface area (Å²) >= 11 is 0. The number of nitrogens with one attached hydrogen (secondary N) is 2. The van der Waals surface area contributed by atoms with Crippen molar-refractivity contribution in [2.75, 3.05) is 23.4 Å². The summed E-state index contributed by atoms with van der Waals surface area (Å²) < 4.78 is 0. The Hall–Kier alpha value is -2.08. The van der Waals surface area contributed by atoms with Crippen LogP contribution in [0.15, 0.2) is 18.5 Å². The molecule has 0 atom stereocenters. The van der Waals surface area contributed by atoms with Crippen LogP contribution in [0.3, 0.4) is 0 Å². The summed E-state index contributed by atoms with van der Waals surface area (Å²) in [6.45, 7) is 3.87. The molecular formula is C13H16N4O2. The van der Waals surface area contributed by atoms with Crippen LogP contribution in [0, 0.1) is 0 Å². The van der Waals surface area contributed by atoms with Crippen molar-refractivity contribution in [2.24, 2.45) is 0 Å². The predicted molar refractivity (Wildman–Crippen MR) is 73.2 cm³/mol. The number of rotatable bonds is 2. The molecule has 0 saturated carbocycles. The van der Waals surface area contributed by atoms with Gasteiger partial charge in [0.15, 0.2) is 0 Å². The molecule has 3 N–H and O–H groups in total. The van der Waals surface area contributed by atoms with Crippen LogP contribution in [-0.4, -0.2) is 39.7 Å². The quantitative estimate of drug-likeness (QED) is 0.755. The van der Waals surface area contributed by atoms with Crippen LogP contribution in [0.4, 0.5) is 11.4 Å². The molecule has 1 aliphatic rings. The Labute approximate surface area is 110 Å². The summed E-state index contributed by atoms with van der Waals surface area (Å²) in [5.74, 6) is -0.0641. The van der Waals surface area contributed by atoms with E-state index in [0.717, 1.165) is 16.7 Å². The SMILES string of the molecule is CC1(C)Nc2c(cnc3[nH]ccc23)N(CCO)C1=O. The number of aromatic amines is 1. The van der Waals surface area contributed by atoms with Gasteiger partial charge in [-0.3, -0.25) is 4.79 Å². The standard InChI is InChI=1S/C13H16N4O2/c1-13(2)12(19)17(5-6-18)9-7-15-11-8(3-4-14-11)10(9)16-13/h3-4,7,16,18H,5-6H2,1-2H3,(H,14,15). The molecule has 3 rings (SSSR count). The number of aliphatic hydroxyl groups excluding tert-OH is 1. The van der Waals surface area contributed by atoms with Gasteiger partial charge in [-0.25, -0.2) is 4.98 Å². The monoisotopic (exact) mass is 260 g/mol. The van der Waals surface area contributed by atoms with Gasteiger partial charge in [-0.15, -0.1) is 0 Å². The van der Waals surface area contributed by atoms with Crippen LogP contribution >= 0.6 is 0 Å². The first-order valence-corrected chi connectivity index (χ1v) is 6.21. The first-order chi connectivity index (χ1) is 9.04. The van der Waals surface area contributed by atoms with Crippen molar-refractivity contribution < 1.29 is 9.90 Å². The molecule has 0 radical (unpaired) electrons. The number of nitrogens with zero attached hydrogens (tertiary/aromatic N) is 2. The number of hydrogen-bond donors (Lipinski definition) is 3. The molecule has 0 unspecified atom stereocenters. The van der Waals surface area contributed by atoms with Crippen LogP contribution in [0.1, 0.15) is 13.8 Å². The Bertz CT molecular complexity index is 647. The summed E-state index contributed by atoms with van der Waals surface area (Å²) in [7, 11) is 0. The molecule has 0 saturated heterocycles. The summed E-state index contributed by atoms with van der Waals surface area (Å²) in [6, 6.07) is 1.93. The number of hydrogen-bond acceptors (Lipinski definition) is 4. The number of fused-ring (bicyclic) bond motifs is 3. The first-order valence-electron chi connectivity index (χ1n) is 6.21. The molecule has 6 nitrogen and oxygen atoms in total. The van der Waals surface area contributed by atoms with Gasteiger partial charge in [0.1, 0.15) is 11.2 Å². The molecule has 19 heavy (non-hydrogen) atoms. The van der Waals surface area contributed by atoms with Crippen molar-refractivity contribution in [3.63, 3.8) is 0 Å². The molecule has 0 aliphatic carbocycles. The van der Waals surface area contributed by atoms with Crippen LogP contribution < -0.4 is 10.2 Å². The van der Waals surface area contributed by atoms with Crippen molar-refractivity contribution in [1.29, 1.82) is 0 Å². The lowest BCUT2D eigenvalue weighted by Crippen LogP contribution is -2.54. The van der Waals surface area contributed by atoms with E-state index >= 15 is 0 Å². The molecule has 0 spiro atoms. The minimum atomic E-state index is -0.701. The fraction of sp³-hybridized carbons (Fsp3) is 0.385. The lowest BCUT2D eigenvalue weighted by Gasteiger charge is -2.39. The molecule has 0 bridgehead atoms. The fourth-order valence-electron chi connectivity index (χ4n) is 2.47. The number of carbonyl (C=O) groups excluding carboxylic acids is 1. The summed E-state index contributed by atoms with van der Waals surface area (Å²) in [4.78, 5) is 21.3. The van der Waals surface area contributed by atoms with Gasteiger partial charge in [-0.05, 0) is 19.9 Å². The van der Waals surface area contributed by atoms with Gasteiger partial charge >= 0.3 is 0 Å². The Balaban J connectivity index is 2.23. The number of H-pyrrole nitrogens is 1. The van der Waals surface area contributed by atoms with Gasteiger partial charge in [0.25, 0.3) is 5.91 Å². The van der Waals surface area contributed by atoms with E-state index in [1.807, 2.05) is 26.1 Å². The molecule has 1 amide bonds. The van der Waals surface area contributed by atoms with Crippen molar-refractivity contribution in [2.45, 2.75) is 19.4 Å². The maximum Gasteiger partial charge on any atom is 0.252 e. The lowest BCUT2D eigenvalue weighted by molar-refractivity contribution is -0.122. The molecule has 0 aromatic carbocycles. The largest absolute Gasteiger partial charge is 0.395 e. The van der Waals surface area contributed by atoms with E-state index in [4.69, 9.17) is 5.11 Å². The topological polar surface area (TPSA) is 81.2 Å². The number of aliphatic hydroxyl groups is 1. The van der Waals surface area contributed by atoms with Gasteiger partial charge in [0.05, 0.1) is 24.2 Å². The molecule has 2 aromatic heterocycles. The van der Waals surface area contributed by atoms with E-state index in [-0.39, 0.29) is 19.1 Å². The third-order valence-electron chi connectivity index (χ3n) is 3.40. The van der Waals surface area contributed by atoms with Gasteiger partial charge in [-0.1, -0.05) is 0 Å². The smallest absolute Gasteiger partial charge is 0.252 e. The highest BCUT2D eigenvalue weighted by Gasteiger charge is 2.39. The Kier molecular flexibility index (Phi) is 2.50. The maximum absolute atomic E-state index is 12.4. The normalized spacial score (nSPS) is 17.4. The Morgan fingerprint density at radius 3 is 3.00 bits per heavy atom. The maximum atomic E-state index is 12.4. The summed E-state index contributed by atoms with van der Waals surface area (Å²) in [6.07, 6.45) is 3.48. The van der Waals surface area contributed by atoms with Crippen molar-refractivity contribution in [1.82, 2.24) is 9.97 Å². The third-order valence-corrected chi connectivity index (χ3v) is 3.40. The van der Waals surface area contributed by atoms with Crippen molar-refractivity contribution >= 4 is 28.3 Å². The number of anilines is 2. The molecule has 2 aromatic rings. The van der Waals surface area contributed by atoms with Gasteiger partial charge in [0.2, 0.25) is 0 Å². The zero-order chi connectivity index (χ0) is 13.6. The molecule has 100 valence electrons. The first kappa shape index (κ1) is 12.0. The van der Waals surface area contributed by atoms with E-state index < -0.39 is 5.54 Å². The average Bonchev–Trinajstić information content (AvgIpc) is 2.83. The number of pyridine rings is 1. The lowest BCUT2D eigenvalue weighted by atomic mass is 9.98. The van der Waals surface area contributed by atoms with Gasteiger partial charge < -0.3 is 20.3 Å². The minimum Gasteiger partial charge on any atom is -0.395 e. The number of β-amino-alcohol motifs (C(OH)–C–C–N with tert-alkyl or cyclic N) is 1. The van der Waals surface area contributed by atoms with Crippen LogP contribution in [0.25, 0.3) is 11.0 Å². The highest BCUT2D eigenvalue weighted by Crippen LogP contribution is 2.39. The minimum absolute atomic E-state index is 0.0641. The second-order valence-corrected chi connectivity index (χ2v) is 5.19. The van der Waals surface area contributed by atoms with Gasteiger partial charge in [-0.2, -0.15) is 0 Å².